The molecular weight excluding hydrogens is 399 g/mol. The molecule has 1 unspecified atom stereocenters. The van der Waals surface area contributed by atoms with Crippen LogP contribution in [0.4, 0.5) is 18.9 Å². The van der Waals surface area contributed by atoms with Crippen molar-refractivity contribution in [3.8, 4) is 6.07 Å². The van der Waals surface area contributed by atoms with Crippen molar-refractivity contribution in [2.45, 2.75) is 25.1 Å². The lowest BCUT2D eigenvalue weighted by Crippen LogP contribution is -2.30. The van der Waals surface area contributed by atoms with Crippen LogP contribution in [0.2, 0.25) is 0 Å². The summed E-state index contributed by atoms with van der Waals surface area (Å²) in [5, 5.41) is 23.8. The molecule has 2 amide bonds. The largest absolute Gasteiger partial charge is 0.509 e. The van der Waals surface area contributed by atoms with Crippen LogP contribution in [0.3, 0.4) is 0 Å². The van der Waals surface area contributed by atoms with Gasteiger partial charge in [0.2, 0.25) is 0 Å². The van der Waals surface area contributed by atoms with Crippen LogP contribution in [-0.2, 0) is 22.2 Å². The second kappa shape index (κ2) is 8.29. The number of carbonyl (C=O) groups excluding carboxylic acids is 2. The number of aliphatic hydroxyl groups excluding tert-OH is 1. The smallest absolute Gasteiger partial charge is 0.417 e. The lowest BCUT2D eigenvalue weighted by Gasteiger charge is -2.12. The zero-order chi connectivity index (χ0) is 21.9. The molecule has 0 aliphatic carbocycles. The zero-order valence-electron chi connectivity index (χ0n) is 15.5. The second-order valence-electron chi connectivity index (χ2n) is 6.63. The summed E-state index contributed by atoms with van der Waals surface area (Å²) in [5.74, 6) is -2.31. The van der Waals surface area contributed by atoms with E-state index in [0.717, 1.165) is 17.7 Å². The maximum absolute atomic E-state index is 13.1. The van der Waals surface area contributed by atoms with Gasteiger partial charge < -0.3 is 15.7 Å². The number of aryl methyl sites for hydroxylation is 1. The molecule has 2 aromatic rings. The standard InChI is InChI=1S/C21H16F3N3O3/c22-21(23,24)15-10-14(8-7-13(15)11-25)26-19(29)17-18(28)16(27-20(17)30)9-6-12-4-2-1-3-5-12/h1-5,7-8,10,16,28H,6,9H2,(H,26,29)(H,27,30). The average Bonchev–Trinajstić information content (AvgIpc) is 2.99. The predicted octanol–water partition coefficient (Wildman–Crippen LogP) is 3.46. The Morgan fingerprint density at radius 3 is 2.53 bits per heavy atom. The fourth-order valence-corrected chi connectivity index (χ4v) is 3.12. The summed E-state index contributed by atoms with van der Waals surface area (Å²) in [6.45, 7) is 0. The van der Waals surface area contributed by atoms with Crippen LogP contribution in [0.5, 0.6) is 0 Å². The minimum atomic E-state index is -4.79. The maximum atomic E-state index is 13.1. The third-order valence-corrected chi connectivity index (χ3v) is 4.61. The van der Waals surface area contributed by atoms with E-state index < -0.39 is 46.5 Å². The van der Waals surface area contributed by atoms with Crippen LogP contribution < -0.4 is 10.6 Å². The summed E-state index contributed by atoms with van der Waals surface area (Å²) in [6, 6.07) is 12.6. The highest BCUT2D eigenvalue weighted by Gasteiger charge is 2.37. The molecule has 9 heteroatoms. The van der Waals surface area contributed by atoms with E-state index >= 15 is 0 Å². The Morgan fingerprint density at radius 1 is 1.20 bits per heavy atom. The number of aliphatic hydroxyl groups is 1. The number of carbonyl (C=O) groups is 2. The summed E-state index contributed by atoms with van der Waals surface area (Å²) in [7, 11) is 0. The number of benzene rings is 2. The first-order valence-corrected chi connectivity index (χ1v) is 8.91. The van der Waals surface area contributed by atoms with E-state index in [4.69, 9.17) is 5.26 Å². The number of halogens is 3. The molecule has 0 aromatic heterocycles. The molecule has 1 aliphatic rings. The third kappa shape index (κ3) is 4.43. The second-order valence-corrected chi connectivity index (χ2v) is 6.63. The topological polar surface area (TPSA) is 102 Å². The van der Waals surface area contributed by atoms with Gasteiger partial charge in [-0.15, -0.1) is 0 Å². The van der Waals surface area contributed by atoms with E-state index in [9.17, 15) is 27.9 Å². The van der Waals surface area contributed by atoms with E-state index in [-0.39, 0.29) is 5.69 Å². The molecule has 3 N–H and O–H groups in total. The first-order valence-electron chi connectivity index (χ1n) is 8.91. The molecule has 0 spiro atoms. The zero-order valence-corrected chi connectivity index (χ0v) is 15.5. The van der Waals surface area contributed by atoms with Crippen molar-refractivity contribution in [3.05, 3.63) is 76.6 Å². The highest BCUT2D eigenvalue weighted by atomic mass is 19.4. The van der Waals surface area contributed by atoms with Crippen LogP contribution in [0.1, 0.15) is 23.1 Å². The van der Waals surface area contributed by atoms with Crippen molar-refractivity contribution in [2.24, 2.45) is 0 Å². The van der Waals surface area contributed by atoms with Crippen molar-refractivity contribution in [2.75, 3.05) is 5.32 Å². The van der Waals surface area contributed by atoms with Crippen molar-refractivity contribution < 1.29 is 27.9 Å². The van der Waals surface area contributed by atoms with Crippen LogP contribution in [-0.4, -0.2) is 23.0 Å². The van der Waals surface area contributed by atoms with Gasteiger partial charge in [0.05, 0.1) is 23.2 Å². The number of nitrogens with one attached hydrogen (secondary N) is 2. The van der Waals surface area contributed by atoms with Crippen molar-refractivity contribution in [1.29, 1.82) is 5.26 Å². The lowest BCUT2D eigenvalue weighted by molar-refractivity contribution is -0.137. The predicted molar refractivity (Wildman–Crippen MR) is 101 cm³/mol. The summed E-state index contributed by atoms with van der Waals surface area (Å²) in [4.78, 5) is 24.6. The van der Waals surface area contributed by atoms with Gasteiger partial charge in [-0.05, 0) is 36.6 Å². The number of hydrogen-bond donors (Lipinski definition) is 3. The van der Waals surface area contributed by atoms with E-state index in [1.807, 2.05) is 30.3 Å². The van der Waals surface area contributed by atoms with Gasteiger partial charge in [0, 0.05) is 5.69 Å². The number of nitriles is 1. The SMILES string of the molecule is N#Cc1ccc(NC(=O)C2=C(O)C(CCc3ccccc3)NC2=O)cc1C(F)(F)F. The first-order chi connectivity index (χ1) is 14.2. The van der Waals surface area contributed by atoms with Crippen LogP contribution >= 0.6 is 0 Å². The summed E-state index contributed by atoms with van der Waals surface area (Å²) in [5.41, 5.74) is -1.63. The molecule has 30 heavy (non-hydrogen) atoms. The Morgan fingerprint density at radius 2 is 1.90 bits per heavy atom. The van der Waals surface area contributed by atoms with Crippen LogP contribution in [0.15, 0.2) is 59.9 Å². The quantitative estimate of drug-likeness (QED) is 0.651. The normalized spacial score (nSPS) is 16.2. The Kier molecular flexibility index (Phi) is 5.78. The Balaban J connectivity index is 1.76. The highest BCUT2D eigenvalue weighted by Crippen LogP contribution is 2.33. The summed E-state index contributed by atoms with van der Waals surface area (Å²) in [6.07, 6.45) is -3.91. The van der Waals surface area contributed by atoms with Crippen molar-refractivity contribution in [1.82, 2.24) is 5.32 Å². The number of amides is 2. The first kappa shape index (κ1) is 20.9. The summed E-state index contributed by atoms with van der Waals surface area (Å²) >= 11 is 0. The van der Waals surface area contributed by atoms with Gasteiger partial charge in [0.1, 0.15) is 11.3 Å². The average molecular weight is 415 g/mol. The van der Waals surface area contributed by atoms with Crippen LogP contribution in [0.25, 0.3) is 0 Å². The molecule has 6 nitrogen and oxygen atoms in total. The fourth-order valence-electron chi connectivity index (χ4n) is 3.12. The molecule has 0 bridgehead atoms. The van der Waals surface area contributed by atoms with Gasteiger partial charge in [0.25, 0.3) is 11.8 Å². The number of hydrogen-bond acceptors (Lipinski definition) is 4. The molecule has 154 valence electrons. The van der Waals surface area contributed by atoms with Gasteiger partial charge in [-0.25, -0.2) is 0 Å². The minimum absolute atomic E-state index is 0.257. The molecule has 2 aromatic carbocycles. The number of rotatable bonds is 5. The van der Waals surface area contributed by atoms with E-state index in [1.54, 1.807) is 0 Å². The third-order valence-electron chi connectivity index (χ3n) is 4.61. The molecule has 1 atom stereocenters. The monoisotopic (exact) mass is 415 g/mol. The van der Waals surface area contributed by atoms with Gasteiger partial charge >= 0.3 is 6.18 Å². The number of nitrogens with zero attached hydrogens (tertiary/aromatic N) is 1. The van der Waals surface area contributed by atoms with E-state index in [0.29, 0.717) is 18.9 Å². The van der Waals surface area contributed by atoms with E-state index in [1.165, 1.54) is 6.07 Å². The molecule has 0 saturated carbocycles. The van der Waals surface area contributed by atoms with Gasteiger partial charge in [-0.1, -0.05) is 30.3 Å². The lowest BCUT2D eigenvalue weighted by atomic mass is 10.0. The maximum Gasteiger partial charge on any atom is 0.417 e. The van der Waals surface area contributed by atoms with Gasteiger partial charge in [0.15, 0.2) is 0 Å². The van der Waals surface area contributed by atoms with E-state index in [2.05, 4.69) is 10.6 Å². The molecular formula is C21H16F3N3O3. The van der Waals surface area contributed by atoms with Crippen molar-refractivity contribution in [3.63, 3.8) is 0 Å². The molecule has 3 rings (SSSR count). The van der Waals surface area contributed by atoms with Gasteiger partial charge in [-0.3, -0.25) is 9.59 Å². The molecule has 1 aliphatic heterocycles. The summed E-state index contributed by atoms with van der Waals surface area (Å²) < 4.78 is 39.2. The molecule has 0 radical (unpaired) electrons. The Bertz CT molecular complexity index is 1060. The Labute approximate surface area is 169 Å². The number of alkyl halides is 3. The molecule has 1 heterocycles. The van der Waals surface area contributed by atoms with Crippen LogP contribution in [0, 0.1) is 11.3 Å². The Hall–Kier alpha value is -3.80. The minimum Gasteiger partial charge on any atom is -0.509 e. The highest BCUT2D eigenvalue weighted by molar-refractivity contribution is 6.24. The van der Waals surface area contributed by atoms with Gasteiger partial charge in [-0.2, -0.15) is 18.4 Å². The fraction of sp³-hybridized carbons (Fsp3) is 0.190. The number of anilines is 1. The van der Waals surface area contributed by atoms with Crippen molar-refractivity contribution >= 4 is 17.5 Å². The molecule has 0 saturated heterocycles. The molecule has 0 fully saturated rings.